The van der Waals surface area contributed by atoms with Gasteiger partial charge < -0.3 is 0 Å². The number of rotatable bonds is 6. The summed E-state index contributed by atoms with van der Waals surface area (Å²) in [5.74, 6) is 0. The van der Waals surface area contributed by atoms with Crippen LogP contribution in [-0.2, 0) is 13.1 Å². The maximum Gasteiger partial charge on any atom is 0.113 e. The van der Waals surface area contributed by atoms with Crippen molar-refractivity contribution in [2.24, 2.45) is 0 Å². The first-order chi connectivity index (χ1) is 13.2. The Kier molecular flexibility index (Phi) is 5.34. The normalized spacial score (nSPS) is 18.1. The van der Waals surface area contributed by atoms with E-state index in [1.54, 1.807) is 0 Å². The van der Waals surface area contributed by atoms with Crippen LogP contribution in [0.2, 0.25) is 0 Å². The van der Waals surface area contributed by atoms with Gasteiger partial charge in [0.2, 0.25) is 0 Å². The monoisotopic (exact) mass is 364 g/mol. The highest BCUT2D eigenvalue weighted by Gasteiger charge is 2.24. The maximum atomic E-state index is 4.36. The minimum absolute atomic E-state index is 0.594. The van der Waals surface area contributed by atoms with Crippen molar-refractivity contribution in [2.45, 2.75) is 58.7 Å². The summed E-state index contributed by atoms with van der Waals surface area (Å²) in [5.41, 5.74) is 5.74. The molecule has 3 heterocycles. The van der Waals surface area contributed by atoms with Crippen molar-refractivity contribution in [1.29, 1.82) is 0 Å². The summed E-state index contributed by atoms with van der Waals surface area (Å²) < 4.78 is 1.99. The molecule has 1 aromatic carbocycles. The molecule has 1 N–H and O–H groups in total. The molecule has 1 aliphatic heterocycles. The van der Waals surface area contributed by atoms with E-state index >= 15 is 0 Å². The molecule has 0 amide bonds. The number of nitrogens with one attached hydrogen (secondary N) is 1. The first-order valence-electron chi connectivity index (χ1n) is 9.91. The second kappa shape index (κ2) is 8.05. The summed E-state index contributed by atoms with van der Waals surface area (Å²) in [5, 5.41) is 16.2. The smallest absolute Gasteiger partial charge is 0.113 e. The number of aromatic nitrogens is 5. The molecule has 1 unspecified atom stereocenters. The van der Waals surface area contributed by atoms with Crippen LogP contribution >= 0.6 is 0 Å². The Balaban J connectivity index is 1.40. The summed E-state index contributed by atoms with van der Waals surface area (Å²) in [6.45, 7) is 7.28. The third kappa shape index (κ3) is 4.11. The zero-order chi connectivity index (χ0) is 18.6. The molecule has 2 aromatic heterocycles. The van der Waals surface area contributed by atoms with Gasteiger partial charge in [-0.15, -0.1) is 5.10 Å². The third-order valence-corrected chi connectivity index (χ3v) is 5.69. The van der Waals surface area contributed by atoms with E-state index in [4.69, 9.17) is 0 Å². The van der Waals surface area contributed by atoms with E-state index in [1.807, 2.05) is 22.9 Å². The average Bonchev–Trinajstić information content (AvgIpc) is 3.30. The number of nitrogens with zero attached hydrogens (tertiary/aromatic N) is 5. The maximum absolute atomic E-state index is 4.36. The summed E-state index contributed by atoms with van der Waals surface area (Å²) in [6.07, 6.45) is 7.03. The highest BCUT2D eigenvalue weighted by Crippen LogP contribution is 2.24. The van der Waals surface area contributed by atoms with Crippen LogP contribution in [0, 0.1) is 13.8 Å². The van der Waals surface area contributed by atoms with E-state index < -0.39 is 0 Å². The van der Waals surface area contributed by atoms with Crippen LogP contribution in [0.25, 0.3) is 11.3 Å². The van der Waals surface area contributed by atoms with Gasteiger partial charge in [-0.1, -0.05) is 42.0 Å². The predicted molar refractivity (Wildman–Crippen MR) is 106 cm³/mol. The lowest BCUT2D eigenvalue weighted by Crippen LogP contribution is -2.39. The fourth-order valence-electron chi connectivity index (χ4n) is 4.04. The highest BCUT2D eigenvalue weighted by atomic mass is 15.4. The molecule has 1 atom stereocenters. The molecule has 1 fully saturated rings. The van der Waals surface area contributed by atoms with E-state index in [0.717, 1.165) is 36.5 Å². The summed E-state index contributed by atoms with van der Waals surface area (Å²) in [4.78, 5) is 2.63. The first-order valence-corrected chi connectivity index (χ1v) is 9.91. The van der Waals surface area contributed by atoms with Crippen molar-refractivity contribution in [3.05, 3.63) is 53.5 Å². The Labute approximate surface area is 160 Å². The fourth-order valence-corrected chi connectivity index (χ4v) is 4.04. The first kappa shape index (κ1) is 17.9. The van der Waals surface area contributed by atoms with Crippen LogP contribution in [-0.4, -0.2) is 42.7 Å². The Morgan fingerprint density at radius 2 is 2.00 bits per heavy atom. The molecule has 6 heteroatoms. The number of aromatic amines is 1. The number of hydrogen-bond acceptors (Lipinski definition) is 4. The van der Waals surface area contributed by atoms with Gasteiger partial charge >= 0.3 is 0 Å². The summed E-state index contributed by atoms with van der Waals surface area (Å²) in [6, 6.07) is 10.8. The SMILES string of the molecule is Cc1n[nH]c(C)c1CN1CCCCC1CCn1cc(-c2ccccc2)nn1. The molecule has 6 nitrogen and oxygen atoms in total. The van der Waals surface area contributed by atoms with Gasteiger partial charge in [-0.3, -0.25) is 14.7 Å². The number of piperidine rings is 1. The molecule has 27 heavy (non-hydrogen) atoms. The van der Waals surface area contributed by atoms with Crippen molar-refractivity contribution >= 4 is 0 Å². The Morgan fingerprint density at radius 3 is 2.78 bits per heavy atom. The van der Waals surface area contributed by atoms with Gasteiger partial charge in [0.15, 0.2) is 0 Å². The van der Waals surface area contributed by atoms with Gasteiger partial charge in [0, 0.05) is 36.0 Å². The Hall–Kier alpha value is -2.47. The summed E-state index contributed by atoms with van der Waals surface area (Å²) in [7, 11) is 0. The van der Waals surface area contributed by atoms with E-state index in [0.29, 0.717) is 6.04 Å². The van der Waals surface area contributed by atoms with Crippen molar-refractivity contribution in [2.75, 3.05) is 6.54 Å². The highest BCUT2D eigenvalue weighted by molar-refractivity contribution is 5.57. The number of benzene rings is 1. The van der Waals surface area contributed by atoms with E-state index in [1.165, 1.54) is 37.1 Å². The zero-order valence-corrected chi connectivity index (χ0v) is 16.2. The van der Waals surface area contributed by atoms with E-state index in [-0.39, 0.29) is 0 Å². The van der Waals surface area contributed by atoms with Crippen LogP contribution in [0.3, 0.4) is 0 Å². The number of hydrogen-bond donors (Lipinski definition) is 1. The lowest BCUT2D eigenvalue weighted by atomic mass is 9.98. The minimum atomic E-state index is 0.594. The average molecular weight is 364 g/mol. The molecule has 142 valence electrons. The van der Waals surface area contributed by atoms with Crippen molar-refractivity contribution in [1.82, 2.24) is 30.1 Å². The molecule has 1 aliphatic rings. The van der Waals surface area contributed by atoms with Crippen LogP contribution < -0.4 is 0 Å². The predicted octanol–water partition coefficient (Wildman–Crippen LogP) is 3.73. The molecule has 0 spiro atoms. The van der Waals surface area contributed by atoms with Gasteiger partial charge in [0.25, 0.3) is 0 Å². The quantitative estimate of drug-likeness (QED) is 0.724. The van der Waals surface area contributed by atoms with Crippen LogP contribution in [0.1, 0.15) is 42.6 Å². The molecule has 1 saturated heterocycles. The number of H-pyrrole nitrogens is 1. The number of aryl methyl sites for hydroxylation is 3. The van der Waals surface area contributed by atoms with Gasteiger partial charge in [0.1, 0.15) is 5.69 Å². The zero-order valence-electron chi connectivity index (χ0n) is 16.2. The topological polar surface area (TPSA) is 62.6 Å². The molecule has 3 aromatic rings. The van der Waals surface area contributed by atoms with E-state index in [9.17, 15) is 0 Å². The lowest BCUT2D eigenvalue weighted by Gasteiger charge is -2.35. The molecular weight excluding hydrogens is 336 g/mol. The second-order valence-corrected chi connectivity index (χ2v) is 7.55. The van der Waals surface area contributed by atoms with Crippen molar-refractivity contribution in [3.8, 4) is 11.3 Å². The largest absolute Gasteiger partial charge is 0.296 e. The molecule has 0 radical (unpaired) electrons. The van der Waals surface area contributed by atoms with Crippen LogP contribution in [0.15, 0.2) is 36.5 Å². The van der Waals surface area contributed by atoms with Crippen LogP contribution in [0.5, 0.6) is 0 Å². The second-order valence-electron chi connectivity index (χ2n) is 7.55. The Bertz CT molecular complexity index is 846. The van der Waals surface area contributed by atoms with Crippen molar-refractivity contribution in [3.63, 3.8) is 0 Å². The van der Waals surface area contributed by atoms with E-state index in [2.05, 4.69) is 57.6 Å². The van der Waals surface area contributed by atoms with Gasteiger partial charge in [0.05, 0.1) is 11.9 Å². The summed E-state index contributed by atoms with van der Waals surface area (Å²) >= 11 is 0. The Morgan fingerprint density at radius 1 is 1.15 bits per heavy atom. The molecular formula is C21H28N6. The number of likely N-dealkylation sites (tertiary alicyclic amines) is 1. The molecule has 4 rings (SSSR count). The lowest BCUT2D eigenvalue weighted by molar-refractivity contribution is 0.126. The molecule has 0 aliphatic carbocycles. The molecule has 0 saturated carbocycles. The van der Waals surface area contributed by atoms with Gasteiger partial charge in [-0.2, -0.15) is 5.10 Å². The van der Waals surface area contributed by atoms with Gasteiger partial charge in [-0.25, -0.2) is 0 Å². The van der Waals surface area contributed by atoms with Gasteiger partial charge in [-0.05, 0) is 39.7 Å². The third-order valence-electron chi connectivity index (χ3n) is 5.69. The fraction of sp³-hybridized carbons (Fsp3) is 0.476. The standard InChI is InChI=1S/C21H28N6/c1-16-20(17(2)23-22-16)14-26-12-7-6-10-19(26)11-13-27-15-21(24-25-27)18-8-4-3-5-9-18/h3-5,8-9,15,19H,6-7,10-14H2,1-2H3,(H,22,23). The van der Waals surface area contributed by atoms with Crippen LogP contribution in [0.4, 0.5) is 0 Å². The minimum Gasteiger partial charge on any atom is -0.296 e. The molecule has 0 bridgehead atoms. The van der Waals surface area contributed by atoms with Crippen molar-refractivity contribution < 1.29 is 0 Å².